The summed E-state index contributed by atoms with van der Waals surface area (Å²) in [6.45, 7) is 3.91. The molecule has 0 bridgehead atoms. The van der Waals surface area contributed by atoms with Crippen LogP contribution in [0.4, 0.5) is 13.2 Å². The molecule has 0 aliphatic rings. The highest BCUT2D eigenvalue weighted by atomic mass is 19.4. The molecule has 0 spiro atoms. The molecule has 80 valence electrons. The molecule has 1 nitrogen and oxygen atoms in total. The third-order valence-corrected chi connectivity index (χ3v) is 1.54. The van der Waals surface area contributed by atoms with Crippen LogP contribution in [0.2, 0.25) is 0 Å². The van der Waals surface area contributed by atoms with Crippen LogP contribution in [0.1, 0.15) is 25.0 Å². The summed E-state index contributed by atoms with van der Waals surface area (Å²) in [7, 11) is 0. The highest BCUT2D eigenvalue weighted by Gasteiger charge is 2.32. The Hall–Kier alpha value is -1.03. The molecule has 14 heavy (non-hydrogen) atoms. The second-order valence-electron chi connectivity index (χ2n) is 2.36. The first-order chi connectivity index (χ1) is 6.55. The summed E-state index contributed by atoms with van der Waals surface area (Å²) in [5, 5.41) is 0. The van der Waals surface area contributed by atoms with Crippen LogP contribution in [0.3, 0.4) is 0 Å². The van der Waals surface area contributed by atoms with Crippen LogP contribution in [0, 0.1) is 0 Å². The molecular formula is C10H14F3N. The molecule has 0 radical (unpaired) electrons. The van der Waals surface area contributed by atoms with Crippen LogP contribution in [-0.2, 0) is 12.7 Å². The Morgan fingerprint density at radius 1 is 1.14 bits per heavy atom. The van der Waals surface area contributed by atoms with E-state index in [1.807, 2.05) is 13.8 Å². The molecule has 0 heterocycles. The van der Waals surface area contributed by atoms with E-state index in [1.165, 1.54) is 18.2 Å². The van der Waals surface area contributed by atoms with E-state index in [0.717, 1.165) is 6.07 Å². The van der Waals surface area contributed by atoms with Gasteiger partial charge in [-0.15, -0.1) is 0 Å². The number of hydrogen-bond donors (Lipinski definition) is 1. The zero-order valence-corrected chi connectivity index (χ0v) is 8.23. The van der Waals surface area contributed by atoms with E-state index in [-0.39, 0.29) is 12.1 Å². The molecular weight excluding hydrogens is 191 g/mol. The summed E-state index contributed by atoms with van der Waals surface area (Å²) < 4.78 is 36.5. The Bertz CT molecular complexity index is 268. The number of nitrogens with two attached hydrogens (primary N) is 1. The van der Waals surface area contributed by atoms with Gasteiger partial charge < -0.3 is 5.73 Å². The molecule has 0 aliphatic carbocycles. The Labute approximate surface area is 81.7 Å². The van der Waals surface area contributed by atoms with Gasteiger partial charge in [0.1, 0.15) is 0 Å². The van der Waals surface area contributed by atoms with Crippen LogP contribution in [0.25, 0.3) is 0 Å². The lowest BCUT2D eigenvalue weighted by molar-refractivity contribution is -0.138. The number of hydrogen-bond acceptors (Lipinski definition) is 1. The standard InChI is InChI=1S/C8H8F3N.C2H6/c9-8(10,11)7-4-2-1-3-6(7)5-12;1-2/h1-4H,5,12H2;1-2H3. The van der Waals surface area contributed by atoms with Crippen molar-refractivity contribution < 1.29 is 13.2 Å². The molecule has 4 heteroatoms. The summed E-state index contributed by atoms with van der Waals surface area (Å²) in [5.41, 5.74) is 4.63. The maximum absolute atomic E-state index is 12.2. The Morgan fingerprint density at radius 2 is 1.64 bits per heavy atom. The van der Waals surface area contributed by atoms with Crippen LogP contribution >= 0.6 is 0 Å². The number of benzene rings is 1. The predicted octanol–water partition coefficient (Wildman–Crippen LogP) is 3.19. The average Bonchev–Trinajstić information content (AvgIpc) is 2.19. The van der Waals surface area contributed by atoms with Gasteiger partial charge in [-0.25, -0.2) is 0 Å². The van der Waals surface area contributed by atoms with Crippen LogP contribution in [0.15, 0.2) is 24.3 Å². The topological polar surface area (TPSA) is 26.0 Å². The third kappa shape index (κ3) is 3.38. The normalized spacial score (nSPS) is 10.4. The maximum atomic E-state index is 12.2. The van der Waals surface area contributed by atoms with Gasteiger partial charge in [-0.2, -0.15) is 13.2 Å². The number of rotatable bonds is 1. The summed E-state index contributed by atoms with van der Waals surface area (Å²) in [6, 6.07) is 5.30. The summed E-state index contributed by atoms with van der Waals surface area (Å²) in [4.78, 5) is 0. The molecule has 2 N–H and O–H groups in total. The van der Waals surface area contributed by atoms with Crippen LogP contribution in [-0.4, -0.2) is 0 Å². The van der Waals surface area contributed by atoms with E-state index in [4.69, 9.17) is 5.73 Å². The first-order valence-corrected chi connectivity index (χ1v) is 4.41. The Balaban J connectivity index is 0.000000791. The molecule has 1 aromatic carbocycles. The van der Waals surface area contributed by atoms with Crippen molar-refractivity contribution in [1.29, 1.82) is 0 Å². The first kappa shape index (κ1) is 13.0. The maximum Gasteiger partial charge on any atom is 0.416 e. The van der Waals surface area contributed by atoms with Gasteiger partial charge in [0.2, 0.25) is 0 Å². The fourth-order valence-electron chi connectivity index (χ4n) is 0.975. The van der Waals surface area contributed by atoms with E-state index in [2.05, 4.69) is 0 Å². The monoisotopic (exact) mass is 205 g/mol. The van der Waals surface area contributed by atoms with E-state index in [1.54, 1.807) is 0 Å². The minimum absolute atomic E-state index is 0.0876. The van der Waals surface area contributed by atoms with E-state index in [0.29, 0.717) is 0 Å². The SMILES string of the molecule is CC.NCc1ccccc1C(F)(F)F. The number of alkyl halides is 3. The molecule has 0 aliphatic heterocycles. The van der Waals surface area contributed by atoms with Gasteiger partial charge in [0.25, 0.3) is 0 Å². The molecule has 0 atom stereocenters. The Kier molecular flexibility index (Phi) is 5.23. The highest BCUT2D eigenvalue weighted by molar-refractivity contribution is 5.29. The average molecular weight is 205 g/mol. The molecule has 0 unspecified atom stereocenters. The Morgan fingerprint density at radius 3 is 2.00 bits per heavy atom. The molecule has 0 aromatic heterocycles. The van der Waals surface area contributed by atoms with Crippen molar-refractivity contribution >= 4 is 0 Å². The van der Waals surface area contributed by atoms with Crippen molar-refractivity contribution in [2.24, 2.45) is 5.73 Å². The minimum atomic E-state index is -4.30. The van der Waals surface area contributed by atoms with Crippen molar-refractivity contribution in [3.05, 3.63) is 35.4 Å². The first-order valence-electron chi connectivity index (χ1n) is 4.41. The van der Waals surface area contributed by atoms with E-state index < -0.39 is 11.7 Å². The van der Waals surface area contributed by atoms with Gasteiger partial charge in [0, 0.05) is 6.54 Å². The second kappa shape index (κ2) is 5.65. The van der Waals surface area contributed by atoms with Crippen LogP contribution in [0.5, 0.6) is 0 Å². The predicted molar refractivity (Wildman–Crippen MR) is 50.7 cm³/mol. The van der Waals surface area contributed by atoms with Crippen LogP contribution < -0.4 is 5.73 Å². The smallest absolute Gasteiger partial charge is 0.326 e. The van der Waals surface area contributed by atoms with Gasteiger partial charge in [-0.1, -0.05) is 32.0 Å². The lowest BCUT2D eigenvalue weighted by Crippen LogP contribution is -2.11. The zero-order chi connectivity index (χ0) is 11.2. The van der Waals surface area contributed by atoms with E-state index in [9.17, 15) is 13.2 Å². The lowest BCUT2D eigenvalue weighted by atomic mass is 10.1. The molecule has 0 saturated carbocycles. The lowest BCUT2D eigenvalue weighted by Gasteiger charge is -2.10. The second-order valence-corrected chi connectivity index (χ2v) is 2.36. The van der Waals surface area contributed by atoms with Gasteiger partial charge in [0.15, 0.2) is 0 Å². The third-order valence-electron chi connectivity index (χ3n) is 1.54. The highest BCUT2D eigenvalue weighted by Crippen LogP contribution is 2.31. The van der Waals surface area contributed by atoms with Crippen molar-refractivity contribution in [3.8, 4) is 0 Å². The molecule has 0 saturated heterocycles. The zero-order valence-electron chi connectivity index (χ0n) is 8.23. The molecule has 0 amide bonds. The quantitative estimate of drug-likeness (QED) is 0.748. The largest absolute Gasteiger partial charge is 0.416 e. The molecule has 1 aromatic rings. The van der Waals surface area contributed by atoms with Gasteiger partial charge in [-0.05, 0) is 11.6 Å². The number of halogens is 3. The summed E-state index contributed by atoms with van der Waals surface area (Å²) in [6.07, 6.45) is -4.30. The fourth-order valence-corrected chi connectivity index (χ4v) is 0.975. The molecule has 1 rings (SSSR count). The minimum Gasteiger partial charge on any atom is -0.326 e. The van der Waals surface area contributed by atoms with Gasteiger partial charge in [0.05, 0.1) is 5.56 Å². The molecule has 0 fully saturated rings. The van der Waals surface area contributed by atoms with E-state index >= 15 is 0 Å². The van der Waals surface area contributed by atoms with Gasteiger partial charge >= 0.3 is 6.18 Å². The van der Waals surface area contributed by atoms with Crippen molar-refractivity contribution in [3.63, 3.8) is 0 Å². The van der Waals surface area contributed by atoms with Crippen molar-refractivity contribution in [1.82, 2.24) is 0 Å². The summed E-state index contributed by atoms with van der Waals surface area (Å²) in [5.74, 6) is 0. The summed E-state index contributed by atoms with van der Waals surface area (Å²) >= 11 is 0. The van der Waals surface area contributed by atoms with Crippen molar-refractivity contribution in [2.75, 3.05) is 0 Å². The van der Waals surface area contributed by atoms with Crippen molar-refractivity contribution in [2.45, 2.75) is 26.6 Å². The van der Waals surface area contributed by atoms with Gasteiger partial charge in [-0.3, -0.25) is 0 Å². The fraction of sp³-hybridized carbons (Fsp3) is 0.400.